The molecular formula is C22H28N2O3. The van der Waals surface area contributed by atoms with Gasteiger partial charge in [-0.15, -0.1) is 0 Å². The Morgan fingerprint density at radius 2 is 1.59 bits per heavy atom. The minimum absolute atomic E-state index is 0.0350. The second kappa shape index (κ2) is 8.33. The number of amides is 1. The summed E-state index contributed by atoms with van der Waals surface area (Å²) < 4.78 is 10.6. The Hall–Kier alpha value is -2.69. The number of nitrogens with zero attached hydrogens (tertiary/aromatic N) is 2. The Balaban J connectivity index is 1.70. The minimum atomic E-state index is 0.0350. The predicted molar refractivity (Wildman–Crippen MR) is 108 cm³/mol. The first-order valence-electron chi connectivity index (χ1n) is 9.40. The highest BCUT2D eigenvalue weighted by Crippen LogP contribution is 2.30. The summed E-state index contributed by atoms with van der Waals surface area (Å²) in [4.78, 5) is 17.2. The molecule has 0 aromatic heterocycles. The minimum Gasteiger partial charge on any atom is -0.493 e. The molecular weight excluding hydrogens is 340 g/mol. The van der Waals surface area contributed by atoms with Crippen molar-refractivity contribution in [2.75, 3.05) is 45.3 Å². The van der Waals surface area contributed by atoms with E-state index in [0.717, 1.165) is 13.1 Å². The molecule has 1 amide bonds. The molecule has 3 rings (SSSR count). The average Bonchev–Trinajstić information content (AvgIpc) is 2.72. The van der Waals surface area contributed by atoms with E-state index in [1.54, 1.807) is 32.4 Å². The Bertz CT molecular complexity index is 796. The van der Waals surface area contributed by atoms with Crippen LogP contribution in [0, 0.1) is 0 Å². The van der Waals surface area contributed by atoms with Gasteiger partial charge in [0.2, 0.25) is 0 Å². The van der Waals surface area contributed by atoms with Crippen LogP contribution in [-0.4, -0.2) is 51.2 Å². The van der Waals surface area contributed by atoms with Crippen molar-refractivity contribution in [3.05, 3.63) is 53.6 Å². The molecule has 1 aliphatic rings. The second-order valence-corrected chi connectivity index (χ2v) is 7.06. The van der Waals surface area contributed by atoms with E-state index in [1.165, 1.54) is 11.3 Å². The first-order chi connectivity index (χ1) is 13.0. The summed E-state index contributed by atoms with van der Waals surface area (Å²) in [7, 11) is 3.17. The van der Waals surface area contributed by atoms with Crippen LogP contribution in [0.2, 0.25) is 0 Å². The summed E-state index contributed by atoms with van der Waals surface area (Å²) in [6.45, 7) is 7.52. The molecule has 1 heterocycles. The largest absolute Gasteiger partial charge is 0.493 e. The lowest BCUT2D eigenvalue weighted by Gasteiger charge is -2.37. The van der Waals surface area contributed by atoms with Gasteiger partial charge in [-0.3, -0.25) is 4.79 Å². The summed E-state index contributed by atoms with van der Waals surface area (Å²) in [5.41, 5.74) is 3.27. The monoisotopic (exact) mass is 368 g/mol. The van der Waals surface area contributed by atoms with Crippen LogP contribution in [0.3, 0.4) is 0 Å². The average molecular weight is 368 g/mol. The van der Waals surface area contributed by atoms with E-state index >= 15 is 0 Å². The number of ether oxygens (including phenoxy) is 2. The summed E-state index contributed by atoms with van der Waals surface area (Å²) in [6.07, 6.45) is 0. The molecule has 2 aromatic rings. The molecule has 144 valence electrons. The highest BCUT2D eigenvalue weighted by atomic mass is 16.5. The fraction of sp³-hybridized carbons (Fsp3) is 0.409. The number of anilines is 1. The summed E-state index contributed by atoms with van der Waals surface area (Å²) in [5.74, 6) is 1.72. The lowest BCUT2D eigenvalue weighted by molar-refractivity contribution is 0.0746. The molecule has 2 aromatic carbocycles. The Morgan fingerprint density at radius 1 is 0.926 bits per heavy atom. The van der Waals surface area contributed by atoms with E-state index in [4.69, 9.17) is 9.47 Å². The number of methoxy groups -OCH3 is 2. The normalized spacial score (nSPS) is 14.4. The number of carbonyl (C=O) groups excluding carboxylic acids is 1. The van der Waals surface area contributed by atoms with E-state index < -0.39 is 0 Å². The van der Waals surface area contributed by atoms with Crippen LogP contribution in [0.1, 0.15) is 35.7 Å². The van der Waals surface area contributed by atoms with E-state index in [9.17, 15) is 4.79 Å². The van der Waals surface area contributed by atoms with Crippen molar-refractivity contribution in [3.8, 4) is 11.5 Å². The molecule has 1 saturated heterocycles. The molecule has 5 heteroatoms. The highest BCUT2D eigenvalue weighted by Gasteiger charge is 2.24. The predicted octanol–water partition coefficient (Wildman–Crippen LogP) is 3.79. The number of hydrogen-bond donors (Lipinski definition) is 0. The third-order valence-electron chi connectivity index (χ3n) is 5.10. The number of rotatable bonds is 5. The maximum absolute atomic E-state index is 12.9. The van der Waals surface area contributed by atoms with E-state index in [0.29, 0.717) is 36.1 Å². The molecule has 0 unspecified atom stereocenters. The van der Waals surface area contributed by atoms with E-state index in [-0.39, 0.29) is 5.91 Å². The van der Waals surface area contributed by atoms with Gasteiger partial charge < -0.3 is 19.3 Å². The van der Waals surface area contributed by atoms with Gasteiger partial charge in [0.25, 0.3) is 5.91 Å². The van der Waals surface area contributed by atoms with Crippen LogP contribution in [0.5, 0.6) is 11.5 Å². The number of benzene rings is 2. The van der Waals surface area contributed by atoms with Gasteiger partial charge in [0.15, 0.2) is 11.5 Å². The fourth-order valence-corrected chi connectivity index (χ4v) is 3.57. The van der Waals surface area contributed by atoms with Crippen molar-refractivity contribution in [2.24, 2.45) is 0 Å². The van der Waals surface area contributed by atoms with Crippen molar-refractivity contribution in [3.63, 3.8) is 0 Å². The van der Waals surface area contributed by atoms with Gasteiger partial charge in [-0.1, -0.05) is 32.0 Å². The van der Waals surface area contributed by atoms with Crippen molar-refractivity contribution in [1.29, 1.82) is 0 Å². The second-order valence-electron chi connectivity index (χ2n) is 7.06. The summed E-state index contributed by atoms with van der Waals surface area (Å²) in [6, 6.07) is 13.9. The van der Waals surface area contributed by atoms with Crippen LogP contribution in [0.25, 0.3) is 0 Å². The molecule has 0 saturated carbocycles. The van der Waals surface area contributed by atoms with E-state index in [1.807, 2.05) is 4.90 Å². The Labute approximate surface area is 161 Å². The standard InChI is InChI=1S/C22H28N2O3/c1-16(2)18-7-5-6-8-19(18)23-11-13-24(14-12-23)22(25)17-9-10-20(26-3)21(15-17)27-4/h5-10,15-16H,11-14H2,1-4H3. The molecule has 1 aliphatic heterocycles. The van der Waals surface area contributed by atoms with Crippen molar-refractivity contribution < 1.29 is 14.3 Å². The third-order valence-corrected chi connectivity index (χ3v) is 5.10. The van der Waals surface area contributed by atoms with Gasteiger partial charge >= 0.3 is 0 Å². The molecule has 0 aliphatic carbocycles. The van der Waals surface area contributed by atoms with Crippen LogP contribution in [0.4, 0.5) is 5.69 Å². The molecule has 0 spiro atoms. The van der Waals surface area contributed by atoms with Crippen molar-refractivity contribution in [1.82, 2.24) is 4.90 Å². The highest BCUT2D eigenvalue weighted by molar-refractivity contribution is 5.95. The lowest BCUT2D eigenvalue weighted by atomic mass is 10.00. The number of para-hydroxylation sites is 1. The third kappa shape index (κ3) is 4.02. The van der Waals surface area contributed by atoms with Crippen LogP contribution < -0.4 is 14.4 Å². The first kappa shape index (κ1) is 19.1. The zero-order chi connectivity index (χ0) is 19.4. The molecule has 0 N–H and O–H groups in total. The Kier molecular flexibility index (Phi) is 5.89. The number of hydrogen-bond acceptors (Lipinski definition) is 4. The molecule has 1 fully saturated rings. The van der Waals surface area contributed by atoms with Crippen LogP contribution in [-0.2, 0) is 0 Å². The maximum Gasteiger partial charge on any atom is 0.254 e. The SMILES string of the molecule is COc1ccc(C(=O)N2CCN(c3ccccc3C(C)C)CC2)cc1OC. The van der Waals surface area contributed by atoms with Gasteiger partial charge in [-0.05, 0) is 35.7 Å². The molecule has 5 nitrogen and oxygen atoms in total. The quantitative estimate of drug-likeness (QED) is 0.805. The molecule has 0 atom stereocenters. The van der Waals surface area contributed by atoms with Crippen LogP contribution >= 0.6 is 0 Å². The van der Waals surface area contributed by atoms with Gasteiger partial charge in [0.1, 0.15) is 0 Å². The molecule has 0 bridgehead atoms. The smallest absolute Gasteiger partial charge is 0.254 e. The van der Waals surface area contributed by atoms with Gasteiger partial charge in [-0.2, -0.15) is 0 Å². The number of carbonyl (C=O) groups is 1. The fourth-order valence-electron chi connectivity index (χ4n) is 3.57. The van der Waals surface area contributed by atoms with Crippen molar-refractivity contribution in [2.45, 2.75) is 19.8 Å². The Morgan fingerprint density at radius 3 is 2.22 bits per heavy atom. The maximum atomic E-state index is 12.9. The summed E-state index contributed by atoms with van der Waals surface area (Å²) in [5, 5.41) is 0. The van der Waals surface area contributed by atoms with Gasteiger partial charge in [-0.25, -0.2) is 0 Å². The molecule has 0 radical (unpaired) electrons. The first-order valence-corrected chi connectivity index (χ1v) is 9.40. The summed E-state index contributed by atoms with van der Waals surface area (Å²) >= 11 is 0. The van der Waals surface area contributed by atoms with E-state index in [2.05, 4.69) is 43.0 Å². The topological polar surface area (TPSA) is 42.0 Å². The van der Waals surface area contributed by atoms with Gasteiger partial charge in [0.05, 0.1) is 14.2 Å². The van der Waals surface area contributed by atoms with Gasteiger partial charge in [0, 0.05) is 37.4 Å². The number of piperazine rings is 1. The zero-order valence-corrected chi connectivity index (χ0v) is 16.6. The van der Waals surface area contributed by atoms with Crippen molar-refractivity contribution >= 4 is 11.6 Å². The lowest BCUT2D eigenvalue weighted by Crippen LogP contribution is -2.49. The zero-order valence-electron chi connectivity index (χ0n) is 16.6. The molecule has 27 heavy (non-hydrogen) atoms. The van der Waals surface area contributed by atoms with Crippen LogP contribution in [0.15, 0.2) is 42.5 Å².